The SMILES string of the molecule is COc1ccc(CCN(C)CCOc2ccc([N+](=O)[O-])cc2[N+](=O)[O-])cc1OC. The molecule has 0 aromatic heterocycles. The van der Waals surface area contributed by atoms with Crippen LogP contribution in [0.1, 0.15) is 5.56 Å². The first-order valence-corrected chi connectivity index (χ1v) is 8.80. The normalized spacial score (nSPS) is 10.6. The molecule has 2 aromatic carbocycles. The lowest BCUT2D eigenvalue weighted by atomic mass is 10.1. The minimum atomic E-state index is -0.691. The molecule has 0 aliphatic carbocycles. The Hall–Kier alpha value is -3.40. The minimum absolute atomic E-state index is 0.00823. The number of nitro benzene ring substituents is 2. The molecule has 2 aromatic rings. The summed E-state index contributed by atoms with van der Waals surface area (Å²) in [5.41, 5.74) is 0.310. The highest BCUT2D eigenvalue weighted by Crippen LogP contribution is 2.31. The average molecular weight is 405 g/mol. The summed E-state index contributed by atoms with van der Waals surface area (Å²) in [5.74, 6) is 1.35. The van der Waals surface area contributed by atoms with Crippen molar-refractivity contribution in [1.82, 2.24) is 4.90 Å². The zero-order valence-corrected chi connectivity index (χ0v) is 16.5. The highest BCUT2D eigenvalue weighted by Gasteiger charge is 2.20. The van der Waals surface area contributed by atoms with Crippen molar-refractivity contribution in [3.8, 4) is 17.2 Å². The molecule has 29 heavy (non-hydrogen) atoms. The van der Waals surface area contributed by atoms with E-state index in [1.165, 1.54) is 12.1 Å². The van der Waals surface area contributed by atoms with Crippen LogP contribution in [-0.2, 0) is 6.42 Å². The fourth-order valence-corrected chi connectivity index (χ4v) is 2.66. The molecule has 0 bridgehead atoms. The van der Waals surface area contributed by atoms with Crippen LogP contribution in [0.5, 0.6) is 17.2 Å². The lowest BCUT2D eigenvalue weighted by Gasteiger charge is -2.17. The van der Waals surface area contributed by atoms with E-state index in [9.17, 15) is 20.2 Å². The number of non-ortho nitro benzene ring substituents is 1. The van der Waals surface area contributed by atoms with Gasteiger partial charge in [-0.15, -0.1) is 0 Å². The van der Waals surface area contributed by atoms with Crippen LogP contribution in [0.4, 0.5) is 11.4 Å². The van der Waals surface area contributed by atoms with Gasteiger partial charge in [0.05, 0.1) is 30.1 Å². The van der Waals surface area contributed by atoms with Crippen LogP contribution in [0.2, 0.25) is 0 Å². The van der Waals surface area contributed by atoms with Gasteiger partial charge in [0, 0.05) is 19.2 Å². The van der Waals surface area contributed by atoms with Crippen molar-refractivity contribution in [3.05, 3.63) is 62.2 Å². The molecule has 10 heteroatoms. The second-order valence-corrected chi connectivity index (χ2v) is 6.26. The number of methoxy groups -OCH3 is 2. The second kappa shape index (κ2) is 10.2. The van der Waals surface area contributed by atoms with Gasteiger partial charge in [0.15, 0.2) is 17.2 Å². The van der Waals surface area contributed by atoms with Crippen LogP contribution >= 0.6 is 0 Å². The topological polar surface area (TPSA) is 117 Å². The number of hydrogen-bond donors (Lipinski definition) is 0. The number of nitrogens with zero attached hydrogens (tertiary/aromatic N) is 3. The molecule has 0 atom stereocenters. The van der Waals surface area contributed by atoms with E-state index in [2.05, 4.69) is 0 Å². The highest BCUT2D eigenvalue weighted by molar-refractivity contribution is 5.53. The number of likely N-dealkylation sites (N-methyl/N-ethyl adjacent to an activating group) is 1. The van der Waals surface area contributed by atoms with Gasteiger partial charge in [-0.3, -0.25) is 20.2 Å². The van der Waals surface area contributed by atoms with Crippen molar-refractivity contribution in [2.75, 3.05) is 41.0 Å². The van der Waals surface area contributed by atoms with Crippen LogP contribution in [0.15, 0.2) is 36.4 Å². The summed E-state index contributed by atoms with van der Waals surface area (Å²) in [4.78, 5) is 22.5. The zero-order valence-electron chi connectivity index (χ0n) is 16.5. The number of ether oxygens (including phenoxy) is 3. The van der Waals surface area contributed by atoms with Gasteiger partial charge in [-0.1, -0.05) is 6.07 Å². The smallest absolute Gasteiger partial charge is 0.317 e. The lowest BCUT2D eigenvalue weighted by Crippen LogP contribution is -2.26. The average Bonchev–Trinajstić information content (AvgIpc) is 2.71. The number of benzene rings is 2. The summed E-state index contributed by atoms with van der Waals surface area (Å²) >= 11 is 0. The number of nitro groups is 2. The summed E-state index contributed by atoms with van der Waals surface area (Å²) in [7, 11) is 5.08. The lowest BCUT2D eigenvalue weighted by molar-refractivity contribution is -0.394. The molecule has 0 fully saturated rings. The van der Waals surface area contributed by atoms with E-state index < -0.39 is 15.5 Å². The van der Waals surface area contributed by atoms with Gasteiger partial charge in [0.1, 0.15) is 6.61 Å². The van der Waals surface area contributed by atoms with E-state index >= 15 is 0 Å². The van der Waals surface area contributed by atoms with Crippen LogP contribution in [0, 0.1) is 20.2 Å². The minimum Gasteiger partial charge on any atom is -0.493 e. The quantitative estimate of drug-likeness (QED) is 0.413. The third-order valence-corrected chi connectivity index (χ3v) is 4.31. The van der Waals surface area contributed by atoms with E-state index in [-0.39, 0.29) is 18.0 Å². The molecule has 10 nitrogen and oxygen atoms in total. The molecule has 0 amide bonds. The summed E-state index contributed by atoms with van der Waals surface area (Å²) < 4.78 is 16.0. The van der Waals surface area contributed by atoms with E-state index in [4.69, 9.17) is 14.2 Å². The van der Waals surface area contributed by atoms with Gasteiger partial charge in [-0.2, -0.15) is 0 Å². The Morgan fingerprint density at radius 2 is 1.59 bits per heavy atom. The maximum Gasteiger partial charge on any atom is 0.317 e. The first kappa shape index (κ1) is 21.9. The van der Waals surface area contributed by atoms with Crippen molar-refractivity contribution < 1.29 is 24.1 Å². The first-order chi connectivity index (χ1) is 13.8. The van der Waals surface area contributed by atoms with Gasteiger partial charge < -0.3 is 19.1 Å². The fraction of sp³-hybridized carbons (Fsp3) is 0.368. The Balaban J connectivity index is 1.88. The maximum atomic E-state index is 11.1. The zero-order chi connectivity index (χ0) is 21.4. The van der Waals surface area contributed by atoms with E-state index in [0.717, 1.165) is 24.6 Å². The predicted octanol–water partition coefficient (Wildman–Crippen LogP) is 3.07. The van der Waals surface area contributed by atoms with Crippen LogP contribution in [0.3, 0.4) is 0 Å². The van der Waals surface area contributed by atoms with E-state index in [1.807, 2.05) is 30.1 Å². The summed E-state index contributed by atoms with van der Waals surface area (Å²) in [6.45, 7) is 1.48. The predicted molar refractivity (Wildman–Crippen MR) is 106 cm³/mol. The summed E-state index contributed by atoms with van der Waals surface area (Å²) in [6, 6.07) is 9.07. The largest absolute Gasteiger partial charge is 0.493 e. The van der Waals surface area contributed by atoms with Crippen LogP contribution in [0.25, 0.3) is 0 Å². The first-order valence-electron chi connectivity index (χ1n) is 8.80. The van der Waals surface area contributed by atoms with Gasteiger partial charge in [0.2, 0.25) is 0 Å². The Kier molecular flexibility index (Phi) is 7.72. The Morgan fingerprint density at radius 1 is 0.897 bits per heavy atom. The molecule has 0 radical (unpaired) electrons. The van der Waals surface area contributed by atoms with E-state index in [0.29, 0.717) is 18.0 Å². The van der Waals surface area contributed by atoms with Crippen molar-refractivity contribution in [1.29, 1.82) is 0 Å². The number of hydrogen-bond acceptors (Lipinski definition) is 8. The molecule has 0 aliphatic heterocycles. The summed E-state index contributed by atoms with van der Waals surface area (Å²) in [5, 5.41) is 21.9. The molecular formula is C19H23N3O7. The van der Waals surface area contributed by atoms with Crippen molar-refractivity contribution >= 4 is 11.4 Å². The third-order valence-electron chi connectivity index (χ3n) is 4.31. The van der Waals surface area contributed by atoms with Gasteiger partial charge in [0.25, 0.3) is 5.69 Å². The molecular weight excluding hydrogens is 382 g/mol. The Bertz CT molecular complexity index is 873. The van der Waals surface area contributed by atoms with Crippen molar-refractivity contribution in [2.24, 2.45) is 0 Å². The molecule has 0 unspecified atom stereocenters. The molecule has 0 aliphatic rings. The fourth-order valence-electron chi connectivity index (χ4n) is 2.66. The van der Waals surface area contributed by atoms with Gasteiger partial charge >= 0.3 is 5.69 Å². The highest BCUT2D eigenvalue weighted by atomic mass is 16.6. The van der Waals surface area contributed by atoms with Crippen molar-refractivity contribution in [3.63, 3.8) is 0 Å². The van der Waals surface area contributed by atoms with Gasteiger partial charge in [-0.25, -0.2) is 0 Å². The third kappa shape index (κ3) is 6.04. The Morgan fingerprint density at radius 3 is 2.21 bits per heavy atom. The number of rotatable bonds is 11. The van der Waals surface area contributed by atoms with Crippen LogP contribution in [-0.4, -0.2) is 55.7 Å². The maximum absolute atomic E-state index is 11.1. The molecule has 2 rings (SSSR count). The molecule has 156 valence electrons. The van der Waals surface area contributed by atoms with Crippen molar-refractivity contribution in [2.45, 2.75) is 6.42 Å². The molecule has 0 saturated carbocycles. The molecule has 0 N–H and O–H groups in total. The molecule has 0 spiro atoms. The second-order valence-electron chi connectivity index (χ2n) is 6.26. The standard InChI is InChI=1S/C19H23N3O7/c1-20(9-8-14-4-6-18(27-2)19(12-14)28-3)10-11-29-17-7-5-15(21(23)24)13-16(17)22(25)26/h4-7,12-13H,8-11H2,1-3H3. The van der Waals surface area contributed by atoms with E-state index in [1.54, 1.807) is 14.2 Å². The van der Waals surface area contributed by atoms with Crippen LogP contribution < -0.4 is 14.2 Å². The molecule has 0 heterocycles. The Labute approximate surface area is 167 Å². The molecule has 0 saturated heterocycles. The van der Waals surface area contributed by atoms with Gasteiger partial charge in [-0.05, 0) is 37.2 Å². The monoisotopic (exact) mass is 405 g/mol. The summed E-state index contributed by atoms with van der Waals surface area (Å²) in [6.07, 6.45) is 0.772.